The fourth-order valence-corrected chi connectivity index (χ4v) is 6.87. The van der Waals surface area contributed by atoms with Crippen molar-refractivity contribution in [2.45, 2.75) is 14.4 Å². The van der Waals surface area contributed by atoms with Crippen molar-refractivity contribution in [3.8, 4) is 65.1 Å². The maximum Gasteiger partial charge on any atom is 0.118 e. The number of halogens is 3. The number of methoxy groups -OCH3 is 3. The lowest BCUT2D eigenvalue weighted by molar-refractivity contribution is 0.414. The summed E-state index contributed by atoms with van der Waals surface area (Å²) >= 11 is 10.1. The van der Waals surface area contributed by atoms with E-state index in [0.717, 1.165) is 69.6 Å². The highest BCUT2D eigenvalue weighted by molar-refractivity contribution is 9.11. The lowest BCUT2D eigenvalue weighted by Gasteiger charge is -1.99. The molecule has 0 spiro atoms. The van der Waals surface area contributed by atoms with Crippen LogP contribution in [0.1, 0.15) is 51.9 Å². The zero-order chi connectivity index (χ0) is 38.7. The van der Waals surface area contributed by atoms with Crippen LogP contribution in [0, 0.1) is 54.8 Å². The molecular weight excluding hydrogens is 876 g/mol. The molecule has 274 valence electrons. The molecule has 0 amide bonds. The number of ether oxygens (including phenoxy) is 3. The molecule has 0 aliphatic carbocycles. The molecule has 0 bridgehead atoms. The summed E-state index contributed by atoms with van der Waals surface area (Å²) in [7, 11) is 4.93. The molecule has 3 nitrogen and oxygen atoms in total. The Hall–Kier alpha value is -5.60. The van der Waals surface area contributed by atoms with Crippen molar-refractivity contribution in [1.29, 1.82) is 0 Å². The Morgan fingerprint density at radius 3 is 0.909 bits per heavy atom. The van der Waals surface area contributed by atoms with Gasteiger partial charge in [-0.25, -0.2) is 0 Å². The largest absolute Gasteiger partial charge is 0.497 e. The number of rotatable bonds is 3. The zero-order valence-corrected chi connectivity index (χ0v) is 34.9. The van der Waals surface area contributed by atoms with Crippen molar-refractivity contribution >= 4 is 47.8 Å². The Kier molecular flexibility index (Phi) is 18.5. The Balaban J connectivity index is 0.000000330. The molecule has 55 heavy (non-hydrogen) atoms. The highest BCUT2D eigenvalue weighted by Gasteiger charge is 1.99. The van der Waals surface area contributed by atoms with E-state index in [4.69, 9.17) is 20.6 Å². The van der Waals surface area contributed by atoms with Crippen molar-refractivity contribution in [3.63, 3.8) is 0 Å². The van der Waals surface area contributed by atoms with E-state index in [9.17, 15) is 0 Å². The van der Waals surface area contributed by atoms with E-state index in [-0.39, 0.29) is 7.43 Å². The summed E-state index contributed by atoms with van der Waals surface area (Å²) in [6, 6.07) is 42.9. The van der Waals surface area contributed by atoms with Crippen LogP contribution in [0.2, 0.25) is 0 Å². The third kappa shape index (κ3) is 15.7. The number of aryl methyl sites for hydroxylation is 1. The Morgan fingerprint density at radius 2 is 0.636 bits per heavy atom. The average Bonchev–Trinajstić information content (AvgIpc) is 3.19. The molecule has 0 N–H and O–H groups in total. The summed E-state index contributed by atoms with van der Waals surface area (Å²) in [5, 5.41) is 0. The van der Waals surface area contributed by atoms with Gasteiger partial charge in [0.15, 0.2) is 0 Å². The van der Waals surface area contributed by atoms with E-state index < -0.39 is 0 Å². The van der Waals surface area contributed by atoms with Crippen LogP contribution in [0.4, 0.5) is 0 Å². The standard InChI is InChI=1S/C33H24O2.C9H8O.C6H3Br3.CH4/c1-25-4-6-26(7-5-25)8-11-29-22-30(12-9-27-14-18-32(34-2)19-15-27)24-31(23-29)13-10-28-16-20-33(35-3)21-17-28;1-3-8-4-6-9(10-2)7-5-8;7-4-1-5(8)3-6(9)2-4;/h4-7,14-24H,1-3H3;1,4-7H,2H3;1-3H;1H4. The SMILES string of the molecule is Brc1cc(Br)cc(Br)c1.C.C#Cc1ccc(OC)cc1.COc1ccc(C#Cc2cc(C#Cc3ccc(C)cc3)cc(C#Cc3ccc(OC)cc3)c2)cc1. The second-order valence-corrected chi connectivity index (χ2v) is 14.1. The van der Waals surface area contributed by atoms with Gasteiger partial charge in [-0.2, -0.15) is 0 Å². The molecule has 0 radical (unpaired) electrons. The van der Waals surface area contributed by atoms with Gasteiger partial charge in [0.25, 0.3) is 0 Å². The summed E-state index contributed by atoms with van der Waals surface area (Å²) in [5.41, 5.74) is 7.46. The quantitative estimate of drug-likeness (QED) is 0.166. The summed E-state index contributed by atoms with van der Waals surface area (Å²) in [5.74, 6) is 24.4. The molecule has 0 aromatic heterocycles. The van der Waals surface area contributed by atoms with Crippen molar-refractivity contribution in [3.05, 3.63) is 191 Å². The highest BCUT2D eigenvalue weighted by Crippen LogP contribution is 2.23. The predicted molar refractivity (Wildman–Crippen MR) is 239 cm³/mol. The van der Waals surface area contributed by atoms with Gasteiger partial charge in [0.05, 0.1) is 21.3 Å². The van der Waals surface area contributed by atoms with Crippen molar-refractivity contribution < 1.29 is 14.2 Å². The van der Waals surface area contributed by atoms with Crippen molar-refractivity contribution in [2.24, 2.45) is 0 Å². The van der Waals surface area contributed by atoms with Crippen molar-refractivity contribution in [1.82, 2.24) is 0 Å². The second kappa shape index (κ2) is 23.2. The molecular formula is C49H39Br3O3. The minimum Gasteiger partial charge on any atom is -0.497 e. The smallest absolute Gasteiger partial charge is 0.118 e. The minimum atomic E-state index is 0. The Labute approximate surface area is 351 Å². The first-order chi connectivity index (χ1) is 26.2. The maximum absolute atomic E-state index is 5.22. The first-order valence-corrected chi connectivity index (χ1v) is 18.8. The van der Waals surface area contributed by atoms with Crippen LogP contribution in [0.15, 0.2) is 147 Å². The van der Waals surface area contributed by atoms with Crippen LogP contribution in [0.25, 0.3) is 0 Å². The normalized spacial score (nSPS) is 9.13. The second-order valence-electron chi connectivity index (χ2n) is 11.3. The molecule has 0 aliphatic heterocycles. The monoisotopic (exact) mass is 912 g/mol. The highest BCUT2D eigenvalue weighted by atomic mass is 79.9. The van der Waals surface area contributed by atoms with Gasteiger partial charge >= 0.3 is 0 Å². The van der Waals surface area contributed by atoms with Gasteiger partial charge in [-0.1, -0.05) is 114 Å². The third-order valence-electron chi connectivity index (χ3n) is 7.30. The molecule has 0 saturated heterocycles. The minimum absolute atomic E-state index is 0. The van der Waals surface area contributed by atoms with E-state index >= 15 is 0 Å². The van der Waals surface area contributed by atoms with E-state index in [1.54, 1.807) is 21.3 Å². The van der Waals surface area contributed by atoms with Gasteiger partial charge in [-0.15, -0.1) is 6.42 Å². The van der Waals surface area contributed by atoms with Crippen LogP contribution in [0.3, 0.4) is 0 Å². The van der Waals surface area contributed by atoms with Crippen LogP contribution in [-0.4, -0.2) is 21.3 Å². The molecule has 0 fully saturated rings. The fraction of sp³-hybridized carbons (Fsp3) is 0.102. The van der Waals surface area contributed by atoms with Gasteiger partial charge in [0.1, 0.15) is 17.2 Å². The van der Waals surface area contributed by atoms with Gasteiger partial charge in [0, 0.05) is 52.4 Å². The molecule has 0 saturated carbocycles. The third-order valence-corrected chi connectivity index (χ3v) is 8.68. The molecule has 6 aromatic carbocycles. The topological polar surface area (TPSA) is 27.7 Å². The number of terminal acetylenes is 1. The Bertz CT molecular complexity index is 2240. The molecule has 0 aliphatic rings. The van der Waals surface area contributed by atoms with Crippen LogP contribution in [0.5, 0.6) is 17.2 Å². The van der Waals surface area contributed by atoms with E-state index in [1.165, 1.54) is 5.56 Å². The molecule has 0 unspecified atom stereocenters. The predicted octanol–water partition coefficient (Wildman–Crippen LogP) is 12.5. The lowest BCUT2D eigenvalue weighted by Crippen LogP contribution is -1.86. The summed E-state index contributed by atoms with van der Waals surface area (Å²) in [6.07, 6.45) is 5.15. The lowest BCUT2D eigenvalue weighted by atomic mass is 10.0. The van der Waals surface area contributed by atoms with Crippen LogP contribution in [-0.2, 0) is 0 Å². The molecule has 6 rings (SSSR count). The molecule has 0 heterocycles. The summed E-state index contributed by atoms with van der Waals surface area (Å²) < 4.78 is 18.6. The maximum atomic E-state index is 5.22. The first-order valence-electron chi connectivity index (χ1n) is 16.4. The van der Waals surface area contributed by atoms with Crippen molar-refractivity contribution in [2.75, 3.05) is 21.3 Å². The number of benzene rings is 6. The van der Waals surface area contributed by atoms with Gasteiger partial charge in [-0.05, 0) is 128 Å². The van der Waals surface area contributed by atoms with E-state index in [2.05, 4.69) is 108 Å². The van der Waals surface area contributed by atoms with Gasteiger partial charge < -0.3 is 14.2 Å². The van der Waals surface area contributed by atoms with Crippen LogP contribution >= 0.6 is 47.8 Å². The molecule has 6 aromatic rings. The first kappa shape index (κ1) is 43.8. The Morgan fingerprint density at radius 1 is 0.382 bits per heavy atom. The molecule has 0 atom stereocenters. The van der Waals surface area contributed by atoms with Crippen LogP contribution < -0.4 is 14.2 Å². The number of hydrogen-bond donors (Lipinski definition) is 0. The van der Waals surface area contributed by atoms with Gasteiger partial charge in [0.2, 0.25) is 0 Å². The van der Waals surface area contributed by atoms with Gasteiger partial charge in [-0.3, -0.25) is 0 Å². The molecule has 6 heteroatoms. The zero-order valence-electron chi connectivity index (χ0n) is 30.1. The van der Waals surface area contributed by atoms with E-state index in [1.807, 2.05) is 121 Å². The fourth-order valence-electron chi connectivity index (χ4n) is 4.47. The summed E-state index contributed by atoms with van der Waals surface area (Å²) in [6.45, 7) is 2.07. The average molecular weight is 916 g/mol. The van der Waals surface area contributed by atoms with E-state index in [0.29, 0.717) is 0 Å². The summed E-state index contributed by atoms with van der Waals surface area (Å²) in [4.78, 5) is 0. The number of hydrogen-bond acceptors (Lipinski definition) is 3.